The molecule has 2 rings (SSSR count). The Bertz CT molecular complexity index is 623. The van der Waals surface area contributed by atoms with E-state index in [1.165, 1.54) is 0 Å². The molecule has 3 nitrogen and oxygen atoms in total. The van der Waals surface area contributed by atoms with Crippen LogP contribution in [-0.2, 0) is 24.9 Å². The SMILES string of the molecule is CCc1cc(COc2c(C)cc(Br)cc2CBr)n(CC)n1. The van der Waals surface area contributed by atoms with E-state index in [1.807, 2.05) is 4.68 Å². The number of halogens is 2. The molecule has 0 aliphatic carbocycles. The van der Waals surface area contributed by atoms with Crippen molar-refractivity contribution < 1.29 is 4.74 Å². The Hall–Kier alpha value is -0.810. The van der Waals surface area contributed by atoms with Crippen molar-refractivity contribution in [1.29, 1.82) is 0 Å². The Labute approximate surface area is 142 Å². The molecular formula is C16H20Br2N2O. The highest BCUT2D eigenvalue weighted by molar-refractivity contribution is 9.10. The largest absolute Gasteiger partial charge is 0.487 e. The van der Waals surface area contributed by atoms with Gasteiger partial charge in [0.1, 0.15) is 12.4 Å². The average molecular weight is 416 g/mol. The Balaban J connectivity index is 2.22. The van der Waals surface area contributed by atoms with Gasteiger partial charge in [-0.15, -0.1) is 0 Å². The lowest BCUT2D eigenvalue weighted by molar-refractivity contribution is 0.288. The molecule has 0 spiro atoms. The van der Waals surface area contributed by atoms with E-state index in [0.29, 0.717) is 6.61 Å². The summed E-state index contributed by atoms with van der Waals surface area (Å²) >= 11 is 7.06. The zero-order valence-electron chi connectivity index (χ0n) is 12.6. The van der Waals surface area contributed by atoms with Crippen LogP contribution in [0.5, 0.6) is 5.75 Å². The Kier molecular flexibility index (Phi) is 5.88. The van der Waals surface area contributed by atoms with Crippen LogP contribution in [0.25, 0.3) is 0 Å². The molecule has 114 valence electrons. The van der Waals surface area contributed by atoms with Crippen LogP contribution in [-0.4, -0.2) is 9.78 Å². The molecule has 0 radical (unpaired) electrons. The standard InChI is InChI=1S/C16H20Br2N2O/c1-4-14-8-15(20(5-2)19-14)10-21-16-11(3)6-13(18)7-12(16)9-17/h6-8H,4-5,9-10H2,1-3H3. The number of ether oxygens (including phenoxy) is 1. The summed E-state index contributed by atoms with van der Waals surface area (Å²) in [5, 5.41) is 5.33. The molecule has 0 unspecified atom stereocenters. The first-order chi connectivity index (χ1) is 10.1. The van der Waals surface area contributed by atoms with Gasteiger partial charge in [0.25, 0.3) is 0 Å². The molecule has 5 heteroatoms. The molecule has 1 heterocycles. The monoisotopic (exact) mass is 414 g/mol. The van der Waals surface area contributed by atoms with E-state index in [0.717, 1.165) is 51.0 Å². The number of aryl methyl sites for hydroxylation is 3. The summed E-state index contributed by atoms with van der Waals surface area (Å²) in [7, 11) is 0. The van der Waals surface area contributed by atoms with Gasteiger partial charge >= 0.3 is 0 Å². The topological polar surface area (TPSA) is 27.1 Å². The molecule has 0 fully saturated rings. The van der Waals surface area contributed by atoms with Gasteiger partial charge in [-0.05, 0) is 44.0 Å². The van der Waals surface area contributed by atoms with Crippen LogP contribution < -0.4 is 4.74 Å². The van der Waals surface area contributed by atoms with Crippen molar-refractivity contribution in [3.8, 4) is 5.75 Å². The van der Waals surface area contributed by atoms with Crippen molar-refractivity contribution in [1.82, 2.24) is 9.78 Å². The minimum atomic E-state index is 0.545. The van der Waals surface area contributed by atoms with E-state index in [2.05, 4.69) is 75.9 Å². The molecule has 21 heavy (non-hydrogen) atoms. The number of alkyl halides is 1. The maximum atomic E-state index is 6.09. The Morgan fingerprint density at radius 2 is 2.00 bits per heavy atom. The third kappa shape index (κ3) is 3.89. The van der Waals surface area contributed by atoms with Crippen molar-refractivity contribution >= 4 is 31.9 Å². The van der Waals surface area contributed by atoms with Crippen molar-refractivity contribution in [3.63, 3.8) is 0 Å². The Morgan fingerprint density at radius 1 is 1.24 bits per heavy atom. The van der Waals surface area contributed by atoms with Crippen molar-refractivity contribution in [2.45, 2.75) is 45.7 Å². The van der Waals surface area contributed by atoms with Crippen LogP contribution in [0, 0.1) is 6.92 Å². The second-order valence-electron chi connectivity index (χ2n) is 4.93. The maximum absolute atomic E-state index is 6.09. The van der Waals surface area contributed by atoms with Gasteiger partial charge in [-0.25, -0.2) is 0 Å². The molecule has 2 aromatic rings. The molecule has 0 saturated carbocycles. The minimum Gasteiger partial charge on any atom is -0.487 e. The van der Waals surface area contributed by atoms with Crippen LogP contribution >= 0.6 is 31.9 Å². The normalized spacial score (nSPS) is 10.9. The van der Waals surface area contributed by atoms with Gasteiger partial charge in [-0.3, -0.25) is 4.68 Å². The lowest BCUT2D eigenvalue weighted by Crippen LogP contribution is -2.07. The number of benzene rings is 1. The van der Waals surface area contributed by atoms with Crippen LogP contribution in [0.3, 0.4) is 0 Å². The first-order valence-electron chi connectivity index (χ1n) is 7.12. The van der Waals surface area contributed by atoms with E-state index < -0.39 is 0 Å². The van der Waals surface area contributed by atoms with Gasteiger partial charge in [0.15, 0.2) is 0 Å². The first-order valence-corrected chi connectivity index (χ1v) is 9.03. The van der Waals surface area contributed by atoms with Gasteiger partial charge < -0.3 is 4.74 Å². The summed E-state index contributed by atoms with van der Waals surface area (Å²) < 4.78 is 9.18. The fraction of sp³-hybridized carbons (Fsp3) is 0.438. The second-order valence-corrected chi connectivity index (χ2v) is 6.41. The fourth-order valence-corrected chi connectivity index (χ4v) is 3.37. The molecule has 0 bridgehead atoms. The molecule has 1 aromatic carbocycles. The van der Waals surface area contributed by atoms with E-state index in [1.54, 1.807) is 0 Å². The van der Waals surface area contributed by atoms with Gasteiger partial charge in [0.05, 0.1) is 11.4 Å². The van der Waals surface area contributed by atoms with Gasteiger partial charge in [-0.1, -0.05) is 38.8 Å². The lowest BCUT2D eigenvalue weighted by Gasteiger charge is -2.14. The summed E-state index contributed by atoms with van der Waals surface area (Å²) in [6.07, 6.45) is 0.948. The fourth-order valence-electron chi connectivity index (χ4n) is 2.33. The van der Waals surface area contributed by atoms with Crippen LogP contribution in [0.1, 0.15) is 36.4 Å². The minimum absolute atomic E-state index is 0.545. The average Bonchev–Trinajstić information content (AvgIpc) is 2.88. The van der Waals surface area contributed by atoms with Crippen LogP contribution in [0.4, 0.5) is 0 Å². The maximum Gasteiger partial charge on any atom is 0.130 e. The van der Waals surface area contributed by atoms with E-state index in [4.69, 9.17) is 4.74 Å². The zero-order chi connectivity index (χ0) is 15.4. The van der Waals surface area contributed by atoms with E-state index in [-0.39, 0.29) is 0 Å². The molecular weight excluding hydrogens is 396 g/mol. The summed E-state index contributed by atoms with van der Waals surface area (Å²) in [6, 6.07) is 6.30. The quantitative estimate of drug-likeness (QED) is 0.620. The second kappa shape index (κ2) is 7.45. The molecule has 0 aliphatic rings. The number of hydrogen-bond acceptors (Lipinski definition) is 2. The van der Waals surface area contributed by atoms with Crippen molar-refractivity contribution in [3.05, 3.63) is 45.2 Å². The predicted octanol–water partition coefficient (Wildman–Crippen LogP) is 5.01. The molecule has 0 amide bonds. The molecule has 0 aliphatic heterocycles. The first kappa shape index (κ1) is 16.6. The van der Waals surface area contributed by atoms with E-state index >= 15 is 0 Å². The highest BCUT2D eigenvalue weighted by atomic mass is 79.9. The highest BCUT2D eigenvalue weighted by Crippen LogP contribution is 2.30. The number of nitrogens with zero attached hydrogens (tertiary/aromatic N) is 2. The molecule has 0 saturated heterocycles. The predicted molar refractivity (Wildman–Crippen MR) is 93.1 cm³/mol. The highest BCUT2D eigenvalue weighted by Gasteiger charge is 2.11. The molecule has 1 aromatic heterocycles. The summed E-state index contributed by atoms with van der Waals surface area (Å²) in [5.41, 5.74) is 4.53. The number of rotatable bonds is 6. The van der Waals surface area contributed by atoms with E-state index in [9.17, 15) is 0 Å². The zero-order valence-corrected chi connectivity index (χ0v) is 15.8. The smallest absolute Gasteiger partial charge is 0.130 e. The molecule has 0 N–H and O–H groups in total. The number of aromatic nitrogens is 2. The van der Waals surface area contributed by atoms with Crippen molar-refractivity contribution in [2.24, 2.45) is 0 Å². The van der Waals surface area contributed by atoms with Crippen molar-refractivity contribution in [2.75, 3.05) is 0 Å². The molecule has 0 atom stereocenters. The van der Waals surface area contributed by atoms with Gasteiger partial charge in [-0.2, -0.15) is 5.10 Å². The van der Waals surface area contributed by atoms with Gasteiger partial charge in [0, 0.05) is 21.9 Å². The Morgan fingerprint density at radius 3 is 2.62 bits per heavy atom. The summed E-state index contributed by atoms with van der Waals surface area (Å²) in [6.45, 7) is 7.70. The number of hydrogen-bond donors (Lipinski definition) is 0. The third-order valence-electron chi connectivity index (χ3n) is 3.40. The van der Waals surface area contributed by atoms with Gasteiger partial charge in [0.2, 0.25) is 0 Å². The van der Waals surface area contributed by atoms with Crippen LogP contribution in [0.2, 0.25) is 0 Å². The summed E-state index contributed by atoms with van der Waals surface area (Å²) in [5.74, 6) is 0.956. The van der Waals surface area contributed by atoms with Crippen LogP contribution in [0.15, 0.2) is 22.7 Å². The lowest BCUT2D eigenvalue weighted by atomic mass is 10.1. The third-order valence-corrected chi connectivity index (χ3v) is 4.46. The summed E-state index contributed by atoms with van der Waals surface area (Å²) in [4.78, 5) is 0.